The van der Waals surface area contributed by atoms with Crippen LogP contribution in [0.5, 0.6) is 0 Å². The maximum atomic E-state index is 14.0. The number of halogens is 2. The summed E-state index contributed by atoms with van der Waals surface area (Å²) in [6.07, 6.45) is 0.658. The number of nitrogens with one attached hydrogen (secondary N) is 1. The molecule has 5 rings (SSSR count). The summed E-state index contributed by atoms with van der Waals surface area (Å²) in [5, 5.41) is 2.98. The molecule has 1 amide bonds. The molecule has 2 aliphatic heterocycles. The summed E-state index contributed by atoms with van der Waals surface area (Å²) in [5.41, 5.74) is 3.91. The Hall–Kier alpha value is -3.25. The van der Waals surface area contributed by atoms with Crippen LogP contribution in [-0.4, -0.2) is 36.5 Å². The first-order valence-corrected chi connectivity index (χ1v) is 11.4. The van der Waals surface area contributed by atoms with Gasteiger partial charge in [0.2, 0.25) is 5.91 Å². The van der Waals surface area contributed by atoms with Crippen molar-refractivity contribution in [3.63, 3.8) is 0 Å². The normalized spacial score (nSPS) is 20.1. The summed E-state index contributed by atoms with van der Waals surface area (Å²) in [6, 6.07) is 21.4. The van der Waals surface area contributed by atoms with Crippen molar-refractivity contribution < 1.29 is 13.6 Å². The molecule has 2 heterocycles. The van der Waals surface area contributed by atoms with Gasteiger partial charge in [-0.3, -0.25) is 9.69 Å². The predicted molar refractivity (Wildman–Crippen MR) is 125 cm³/mol. The van der Waals surface area contributed by atoms with Crippen molar-refractivity contribution in [2.45, 2.75) is 25.6 Å². The molecule has 0 aromatic heterocycles. The number of piperazine rings is 1. The lowest BCUT2D eigenvalue weighted by Crippen LogP contribution is -2.60. The number of fused-ring (bicyclic) bond motifs is 3. The molecule has 0 unspecified atom stereocenters. The molecule has 170 valence electrons. The standard InChI is InChI=1S/C27H27F2N3O/c28-22-11-9-19(10-12-22)17-31-13-14-32-25-8-4-2-5-20(25)15-23(26(32)18-31)27(33)30-16-21-6-1-3-7-24(21)29/h1-12,23,26H,13-18H2,(H,30,33)/t23-,26+/m1/s1. The fraction of sp³-hybridized carbons (Fsp3) is 0.296. The van der Waals surface area contributed by atoms with E-state index < -0.39 is 0 Å². The lowest BCUT2D eigenvalue weighted by molar-refractivity contribution is -0.126. The zero-order valence-corrected chi connectivity index (χ0v) is 18.4. The third-order valence-corrected chi connectivity index (χ3v) is 6.78. The minimum Gasteiger partial charge on any atom is -0.365 e. The van der Waals surface area contributed by atoms with Gasteiger partial charge in [-0.05, 0) is 41.8 Å². The van der Waals surface area contributed by atoms with Crippen LogP contribution in [0.1, 0.15) is 16.7 Å². The fourth-order valence-electron chi connectivity index (χ4n) is 5.06. The number of carbonyl (C=O) groups excluding carboxylic acids is 1. The van der Waals surface area contributed by atoms with E-state index in [1.54, 1.807) is 18.2 Å². The van der Waals surface area contributed by atoms with Crippen LogP contribution in [0.2, 0.25) is 0 Å². The smallest absolute Gasteiger partial charge is 0.225 e. The number of para-hydroxylation sites is 1. The molecule has 0 saturated carbocycles. The Morgan fingerprint density at radius 1 is 0.939 bits per heavy atom. The van der Waals surface area contributed by atoms with Crippen LogP contribution in [-0.2, 0) is 24.3 Å². The lowest BCUT2D eigenvalue weighted by atomic mass is 9.83. The quantitative estimate of drug-likeness (QED) is 0.639. The van der Waals surface area contributed by atoms with Crippen molar-refractivity contribution >= 4 is 11.6 Å². The van der Waals surface area contributed by atoms with Crippen molar-refractivity contribution in [2.75, 3.05) is 24.5 Å². The van der Waals surface area contributed by atoms with Gasteiger partial charge in [0.1, 0.15) is 11.6 Å². The van der Waals surface area contributed by atoms with E-state index in [-0.39, 0.29) is 36.0 Å². The number of rotatable bonds is 5. The Kier molecular flexibility index (Phi) is 6.09. The average molecular weight is 448 g/mol. The van der Waals surface area contributed by atoms with E-state index in [9.17, 15) is 13.6 Å². The minimum atomic E-state index is -0.309. The molecule has 0 aliphatic carbocycles. The first-order chi connectivity index (χ1) is 16.1. The van der Waals surface area contributed by atoms with E-state index in [0.29, 0.717) is 12.0 Å². The number of nitrogens with zero attached hydrogens (tertiary/aromatic N) is 2. The fourth-order valence-corrected chi connectivity index (χ4v) is 5.06. The molecular formula is C27H27F2N3O. The molecule has 1 fully saturated rings. The Labute approximate surface area is 192 Å². The van der Waals surface area contributed by atoms with E-state index in [4.69, 9.17) is 0 Å². The van der Waals surface area contributed by atoms with Crippen LogP contribution in [0.25, 0.3) is 0 Å². The summed E-state index contributed by atoms with van der Waals surface area (Å²) in [4.78, 5) is 18.0. The average Bonchev–Trinajstić information content (AvgIpc) is 2.84. The molecule has 2 aliphatic rings. The monoisotopic (exact) mass is 447 g/mol. The number of carbonyl (C=O) groups is 1. The van der Waals surface area contributed by atoms with E-state index in [0.717, 1.165) is 31.7 Å². The van der Waals surface area contributed by atoms with Crippen molar-refractivity contribution in [3.8, 4) is 0 Å². The second kappa shape index (κ2) is 9.32. The van der Waals surface area contributed by atoms with Crippen LogP contribution in [0.4, 0.5) is 14.5 Å². The second-order valence-corrected chi connectivity index (χ2v) is 8.87. The lowest BCUT2D eigenvalue weighted by Gasteiger charge is -2.49. The zero-order chi connectivity index (χ0) is 22.8. The molecule has 0 spiro atoms. The highest BCUT2D eigenvalue weighted by Crippen LogP contribution is 2.36. The Bertz CT molecular complexity index is 1130. The third-order valence-electron chi connectivity index (χ3n) is 6.78. The first-order valence-electron chi connectivity index (χ1n) is 11.4. The Balaban J connectivity index is 1.35. The molecule has 1 N–H and O–H groups in total. The molecule has 4 nitrogen and oxygen atoms in total. The predicted octanol–water partition coefficient (Wildman–Crippen LogP) is 4.14. The highest BCUT2D eigenvalue weighted by molar-refractivity contribution is 5.82. The maximum absolute atomic E-state index is 14.0. The maximum Gasteiger partial charge on any atom is 0.225 e. The molecule has 3 aromatic rings. The van der Waals surface area contributed by atoms with Gasteiger partial charge in [0.15, 0.2) is 0 Å². The van der Waals surface area contributed by atoms with Gasteiger partial charge in [0.05, 0.1) is 12.0 Å². The Morgan fingerprint density at radius 2 is 1.70 bits per heavy atom. The van der Waals surface area contributed by atoms with Crippen LogP contribution >= 0.6 is 0 Å². The summed E-state index contributed by atoms with van der Waals surface area (Å²) < 4.78 is 27.3. The van der Waals surface area contributed by atoms with Crippen LogP contribution in [0.15, 0.2) is 72.8 Å². The topological polar surface area (TPSA) is 35.6 Å². The van der Waals surface area contributed by atoms with Gasteiger partial charge < -0.3 is 10.2 Å². The summed E-state index contributed by atoms with van der Waals surface area (Å²) >= 11 is 0. The molecule has 0 radical (unpaired) electrons. The van der Waals surface area contributed by atoms with Gasteiger partial charge in [0, 0.05) is 44.0 Å². The van der Waals surface area contributed by atoms with Crippen molar-refractivity contribution in [2.24, 2.45) is 5.92 Å². The summed E-state index contributed by atoms with van der Waals surface area (Å²) in [7, 11) is 0. The number of hydrogen-bond donors (Lipinski definition) is 1. The SMILES string of the molecule is O=C(NCc1ccccc1F)[C@@H]1Cc2ccccc2N2CCN(Cc3ccc(F)cc3)C[C@@H]12. The van der Waals surface area contributed by atoms with Gasteiger partial charge in [-0.25, -0.2) is 8.78 Å². The van der Waals surface area contributed by atoms with Crippen molar-refractivity contribution in [1.82, 2.24) is 10.2 Å². The molecule has 0 bridgehead atoms. The number of anilines is 1. The van der Waals surface area contributed by atoms with E-state index >= 15 is 0 Å². The second-order valence-electron chi connectivity index (χ2n) is 8.87. The van der Waals surface area contributed by atoms with Crippen LogP contribution < -0.4 is 10.2 Å². The van der Waals surface area contributed by atoms with E-state index in [2.05, 4.69) is 27.2 Å². The van der Waals surface area contributed by atoms with E-state index in [1.807, 2.05) is 24.3 Å². The van der Waals surface area contributed by atoms with Crippen LogP contribution in [0.3, 0.4) is 0 Å². The number of amides is 1. The Morgan fingerprint density at radius 3 is 2.52 bits per heavy atom. The largest absolute Gasteiger partial charge is 0.365 e. The third kappa shape index (κ3) is 4.62. The van der Waals surface area contributed by atoms with Crippen molar-refractivity contribution in [1.29, 1.82) is 0 Å². The number of benzene rings is 3. The van der Waals surface area contributed by atoms with Gasteiger partial charge >= 0.3 is 0 Å². The molecule has 6 heteroatoms. The number of hydrogen-bond acceptors (Lipinski definition) is 3. The summed E-state index contributed by atoms with van der Waals surface area (Å²) in [6.45, 7) is 3.32. The molecule has 33 heavy (non-hydrogen) atoms. The highest BCUT2D eigenvalue weighted by Gasteiger charge is 2.41. The van der Waals surface area contributed by atoms with Crippen LogP contribution in [0, 0.1) is 17.6 Å². The molecule has 2 atom stereocenters. The summed E-state index contributed by atoms with van der Waals surface area (Å²) in [5.74, 6) is -0.829. The molecule has 3 aromatic carbocycles. The minimum absolute atomic E-state index is 0.0229. The van der Waals surface area contributed by atoms with Crippen molar-refractivity contribution in [3.05, 3.63) is 101 Å². The molecule has 1 saturated heterocycles. The van der Waals surface area contributed by atoms with Gasteiger partial charge in [-0.15, -0.1) is 0 Å². The first kappa shape index (κ1) is 21.6. The molecular weight excluding hydrogens is 420 g/mol. The highest BCUT2D eigenvalue weighted by atomic mass is 19.1. The van der Waals surface area contributed by atoms with Gasteiger partial charge in [-0.2, -0.15) is 0 Å². The van der Waals surface area contributed by atoms with E-state index in [1.165, 1.54) is 29.4 Å². The van der Waals surface area contributed by atoms with Gasteiger partial charge in [-0.1, -0.05) is 48.5 Å². The van der Waals surface area contributed by atoms with Gasteiger partial charge in [0.25, 0.3) is 0 Å². The zero-order valence-electron chi connectivity index (χ0n) is 18.4.